The monoisotopic (exact) mass is 159 g/mol. The molecule has 2 rings (SSSR count). The number of hydrogen-bond acceptors (Lipinski definition) is 3. The number of rotatable bonds is 2. The summed E-state index contributed by atoms with van der Waals surface area (Å²) in [4.78, 5) is 12.6. The lowest BCUT2D eigenvalue weighted by Crippen LogP contribution is -1.93. The minimum atomic E-state index is 0.711. The van der Waals surface area contributed by atoms with Crippen molar-refractivity contribution in [2.45, 2.75) is 12.8 Å². The van der Waals surface area contributed by atoms with E-state index in [-0.39, 0.29) is 0 Å². The fraction of sp³-hybridized carbons (Fsp3) is 0.222. The Bertz CT molecular complexity index is 342. The van der Waals surface area contributed by atoms with Crippen LogP contribution >= 0.6 is 0 Å². The van der Waals surface area contributed by atoms with Gasteiger partial charge >= 0.3 is 0 Å². The van der Waals surface area contributed by atoms with Crippen LogP contribution in [0.4, 0.5) is 5.82 Å². The van der Waals surface area contributed by atoms with Crippen LogP contribution in [0.5, 0.6) is 0 Å². The van der Waals surface area contributed by atoms with Crippen LogP contribution in [-0.2, 0) is 12.8 Å². The first kappa shape index (κ1) is 7.16. The molecular weight excluding hydrogens is 150 g/mol. The Morgan fingerprint density at radius 1 is 1.58 bits per heavy atom. The summed E-state index contributed by atoms with van der Waals surface area (Å²) in [6.45, 7) is 3.63. The molecule has 0 fully saturated rings. The van der Waals surface area contributed by atoms with Gasteiger partial charge in [-0.3, -0.25) is 0 Å². The Hall–Kier alpha value is -1.51. The molecule has 60 valence electrons. The molecule has 2 heterocycles. The average molecular weight is 159 g/mol. The van der Waals surface area contributed by atoms with Crippen molar-refractivity contribution in [3.63, 3.8) is 0 Å². The van der Waals surface area contributed by atoms with Gasteiger partial charge in [0.25, 0.3) is 0 Å². The summed E-state index contributed by atoms with van der Waals surface area (Å²) in [5.41, 5.74) is 1.11. The average Bonchev–Trinajstić information content (AvgIpc) is 2.51. The second kappa shape index (κ2) is 2.85. The second-order valence-corrected chi connectivity index (χ2v) is 2.64. The topological polar surface area (TPSA) is 38.1 Å². The number of allylic oxidation sites excluding steroid dienone is 1. The van der Waals surface area contributed by atoms with Gasteiger partial charge in [0.05, 0.1) is 0 Å². The van der Waals surface area contributed by atoms with Crippen LogP contribution in [0.2, 0.25) is 0 Å². The summed E-state index contributed by atoms with van der Waals surface area (Å²) in [7, 11) is 0. The molecule has 0 spiro atoms. The van der Waals surface area contributed by atoms with E-state index in [1.54, 1.807) is 6.08 Å². The highest BCUT2D eigenvalue weighted by atomic mass is 15.0. The quantitative estimate of drug-likeness (QED) is 0.613. The Morgan fingerprint density at radius 2 is 2.50 bits per heavy atom. The summed E-state index contributed by atoms with van der Waals surface area (Å²) in [6, 6.07) is 0. The standard InChI is InChI=1S/C9H9N3/c1-2-3-8-11-6-7-4-5-10-9(7)12-8/h2,5-6H,1,3-4H2. The molecule has 1 aliphatic heterocycles. The first-order valence-electron chi connectivity index (χ1n) is 3.88. The van der Waals surface area contributed by atoms with Crippen molar-refractivity contribution in [2.75, 3.05) is 0 Å². The maximum atomic E-state index is 4.26. The number of aromatic nitrogens is 2. The minimum Gasteiger partial charge on any atom is -0.241 e. The largest absolute Gasteiger partial charge is 0.241 e. The Morgan fingerprint density at radius 3 is 3.33 bits per heavy atom. The van der Waals surface area contributed by atoms with E-state index in [0.29, 0.717) is 6.42 Å². The molecule has 1 aromatic heterocycles. The van der Waals surface area contributed by atoms with E-state index in [9.17, 15) is 0 Å². The first-order valence-corrected chi connectivity index (χ1v) is 3.88. The smallest absolute Gasteiger partial charge is 0.158 e. The molecule has 3 heteroatoms. The first-order chi connectivity index (χ1) is 5.90. The van der Waals surface area contributed by atoms with Gasteiger partial charge in [-0.05, 0) is 0 Å². The maximum absolute atomic E-state index is 4.26. The molecule has 1 aliphatic rings. The molecule has 0 aromatic carbocycles. The van der Waals surface area contributed by atoms with Crippen molar-refractivity contribution in [2.24, 2.45) is 4.99 Å². The lowest BCUT2D eigenvalue weighted by atomic mass is 10.2. The summed E-state index contributed by atoms with van der Waals surface area (Å²) >= 11 is 0. The van der Waals surface area contributed by atoms with E-state index in [0.717, 1.165) is 23.6 Å². The van der Waals surface area contributed by atoms with Crippen LogP contribution in [-0.4, -0.2) is 16.2 Å². The number of aliphatic imine (C=N–C) groups is 1. The molecule has 0 saturated heterocycles. The third-order valence-corrected chi connectivity index (χ3v) is 1.74. The molecule has 0 atom stereocenters. The van der Waals surface area contributed by atoms with Gasteiger partial charge < -0.3 is 0 Å². The van der Waals surface area contributed by atoms with Crippen molar-refractivity contribution in [3.05, 3.63) is 30.2 Å². The van der Waals surface area contributed by atoms with Gasteiger partial charge in [-0.15, -0.1) is 6.58 Å². The highest BCUT2D eigenvalue weighted by Gasteiger charge is 2.08. The predicted octanol–water partition coefficient (Wildman–Crippen LogP) is 1.46. The van der Waals surface area contributed by atoms with Crippen molar-refractivity contribution >= 4 is 12.0 Å². The van der Waals surface area contributed by atoms with E-state index in [1.165, 1.54) is 0 Å². The molecular formula is C9H9N3. The van der Waals surface area contributed by atoms with Gasteiger partial charge in [0, 0.05) is 30.8 Å². The van der Waals surface area contributed by atoms with E-state index in [4.69, 9.17) is 0 Å². The number of fused-ring (bicyclic) bond motifs is 1. The molecule has 0 radical (unpaired) electrons. The molecule has 1 aromatic rings. The maximum Gasteiger partial charge on any atom is 0.158 e. The Kier molecular flexibility index (Phi) is 1.70. The van der Waals surface area contributed by atoms with Gasteiger partial charge in [0.15, 0.2) is 5.82 Å². The summed E-state index contributed by atoms with van der Waals surface area (Å²) in [5, 5.41) is 0. The molecule has 0 N–H and O–H groups in total. The minimum absolute atomic E-state index is 0.711. The molecule has 0 amide bonds. The summed E-state index contributed by atoms with van der Waals surface area (Å²) in [6.07, 6.45) is 7.07. The lowest BCUT2D eigenvalue weighted by molar-refractivity contribution is 0.977. The van der Waals surface area contributed by atoms with Crippen LogP contribution in [0.15, 0.2) is 23.8 Å². The second-order valence-electron chi connectivity index (χ2n) is 2.64. The SMILES string of the molecule is C=CCc1ncc2c(n1)N=CC2. The third kappa shape index (κ3) is 1.13. The van der Waals surface area contributed by atoms with E-state index in [1.807, 2.05) is 12.4 Å². The van der Waals surface area contributed by atoms with E-state index < -0.39 is 0 Å². The van der Waals surface area contributed by atoms with Gasteiger partial charge in [-0.2, -0.15) is 0 Å². The van der Waals surface area contributed by atoms with Crippen molar-refractivity contribution in [3.8, 4) is 0 Å². The molecule has 0 unspecified atom stereocenters. The molecule has 0 bridgehead atoms. The fourth-order valence-electron chi connectivity index (χ4n) is 1.15. The van der Waals surface area contributed by atoms with Gasteiger partial charge in [-0.1, -0.05) is 6.08 Å². The van der Waals surface area contributed by atoms with Gasteiger partial charge in [-0.25, -0.2) is 15.0 Å². The van der Waals surface area contributed by atoms with Crippen LogP contribution in [0.3, 0.4) is 0 Å². The van der Waals surface area contributed by atoms with Crippen molar-refractivity contribution in [1.82, 2.24) is 9.97 Å². The van der Waals surface area contributed by atoms with Crippen molar-refractivity contribution in [1.29, 1.82) is 0 Å². The number of hydrogen-bond donors (Lipinski definition) is 0. The molecule has 0 saturated carbocycles. The Balaban J connectivity index is 2.37. The molecule has 3 nitrogen and oxygen atoms in total. The highest BCUT2D eigenvalue weighted by Crippen LogP contribution is 2.19. The Labute approximate surface area is 70.9 Å². The number of nitrogens with zero attached hydrogens (tertiary/aromatic N) is 3. The third-order valence-electron chi connectivity index (χ3n) is 1.74. The summed E-state index contributed by atoms with van der Waals surface area (Å²) in [5.74, 6) is 1.62. The van der Waals surface area contributed by atoms with Gasteiger partial charge in [0.1, 0.15) is 5.82 Å². The zero-order valence-corrected chi connectivity index (χ0v) is 6.70. The molecule has 0 aliphatic carbocycles. The zero-order chi connectivity index (χ0) is 8.39. The van der Waals surface area contributed by atoms with Crippen LogP contribution in [0.1, 0.15) is 11.4 Å². The van der Waals surface area contributed by atoms with Crippen molar-refractivity contribution < 1.29 is 0 Å². The zero-order valence-electron chi connectivity index (χ0n) is 6.70. The lowest BCUT2D eigenvalue weighted by Gasteiger charge is -1.97. The van der Waals surface area contributed by atoms with E-state index in [2.05, 4.69) is 21.5 Å². The van der Waals surface area contributed by atoms with Gasteiger partial charge in [0.2, 0.25) is 0 Å². The highest BCUT2D eigenvalue weighted by molar-refractivity contribution is 5.73. The molecule has 12 heavy (non-hydrogen) atoms. The van der Waals surface area contributed by atoms with Crippen LogP contribution < -0.4 is 0 Å². The normalized spacial score (nSPS) is 13.0. The fourth-order valence-corrected chi connectivity index (χ4v) is 1.15. The van der Waals surface area contributed by atoms with E-state index >= 15 is 0 Å². The predicted molar refractivity (Wildman–Crippen MR) is 47.8 cm³/mol. The summed E-state index contributed by atoms with van der Waals surface area (Å²) < 4.78 is 0. The van der Waals surface area contributed by atoms with Crippen LogP contribution in [0.25, 0.3) is 0 Å². The van der Waals surface area contributed by atoms with Crippen LogP contribution in [0, 0.1) is 0 Å².